The summed E-state index contributed by atoms with van der Waals surface area (Å²) in [6.45, 7) is 4.80. The fourth-order valence-electron chi connectivity index (χ4n) is 3.76. The van der Waals surface area contributed by atoms with Crippen LogP contribution in [0.4, 0.5) is 0 Å². The number of carbonyl (C=O) groups is 1. The number of ether oxygens (including phenoxy) is 1. The number of likely N-dealkylation sites (tertiary alicyclic amines) is 2. The molecule has 114 valence electrons. The largest absolute Gasteiger partial charge is 0.368 e. The van der Waals surface area contributed by atoms with Gasteiger partial charge in [0.25, 0.3) is 5.91 Å². The zero-order valence-corrected chi connectivity index (χ0v) is 12.9. The van der Waals surface area contributed by atoms with E-state index in [4.69, 9.17) is 4.74 Å². The van der Waals surface area contributed by atoms with E-state index < -0.39 is 0 Å². The van der Waals surface area contributed by atoms with Crippen LogP contribution in [0.15, 0.2) is 0 Å². The molecule has 3 rings (SSSR count). The minimum atomic E-state index is -0.261. The van der Waals surface area contributed by atoms with Crippen LogP contribution in [0, 0.1) is 5.92 Å². The van der Waals surface area contributed by atoms with E-state index in [0.29, 0.717) is 12.1 Å². The van der Waals surface area contributed by atoms with Crippen LogP contribution in [0.25, 0.3) is 0 Å². The third-order valence-electron chi connectivity index (χ3n) is 5.23. The molecule has 0 unspecified atom stereocenters. The zero-order valence-electron chi connectivity index (χ0n) is 12.9. The molecule has 0 spiro atoms. The summed E-state index contributed by atoms with van der Waals surface area (Å²) >= 11 is 0. The monoisotopic (exact) mass is 280 g/mol. The average molecular weight is 280 g/mol. The summed E-state index contributed by atoms with van der Waals surface area (Å²) in [5.74, 6) is 0.939. The van der Waals surface area contributed by atoms with Gasteiger partial charge in [-0.05, 0) is 65.0 Å². The molecule has 4 nitrogen and oxygen atoms in total. The Bertz CT molecular complexity index is 356. The molecule has 2 heterocycles. The van der Waals surface area contributed by atoms with Crippen molar-refractivity contribution >= 4 is 5.91 Å². The summed E-state index contributed by atoms with van der Waals surface area (Å²) in [4.78, 5) is 17.2. The Morgan fingerprint density at radius 1 is 1.15 bits per heavy atom. The molecule has 20 heavy (non-hydrogen) atoms. The number of hydrogen-bond donors (Lipinski definition) is 0. The van der Waals surface area contributed by atoms with E-state index in [0.717, 1.165) is 31.9 Å². The van der Waals surface area contributed by atoms with E-state index >= 15 is 0 Å². The van der Waals surface area contributed by atoms with E-state index in [1.165, 1.54) is 32.2 Å². The lowest BCUT2D eigenvalue weighted by Crippen LogP contribution is -2.50. The van der Waals surface area contributed by atoms with E-state index in [1.807, 2.05) is 6.92 Å². The number of amides is 1. The molecule has 2 saturated heterocycles. The van der Waals surface area contributed by atoms with E-state index in [2.05, 4.69) is 16.8 Å². The first-order chi connectivity index (χ1) is 9.66. The van der Waals surface area contributed by atoms with Gasteiger partial charge in [-0.2, -0.15) is 0 Å². The number of likely N-dealkylation sites (N-methyl/N-ethyl adjacent to an activating group) is 1. The molecule has 3 atom stereocenters. The smallest absolute Gasteiger partial charge is 0.251 e. The number of carbonyl (C=O) groups excluding carboxylic acids is 1. The van der Waals surface area contributed by atoms with Crippen LogP contribution in [0.1, 0.15) is 45.4 Å². The summed E-state index contributed by atoms with van der Waals surface area (Å²) in [6, 6.07) is 0.985. The lowest BCUT2D eigenvalue weighted by Gasteiger charge is -2.34. The summed E-state index contributed by atoms with van der Waals surface area (Å²) in [7, 11) is 2.20. The third kappa shape index (κ3) is 3.01. The SMILES string of the molecule is C[C@H](OCC1CC1)C(=O)N1CCC[C@H]1[C@@H]1CCCN1C. The van der Waals surface area contributed by atoms with Crippen molar-refractivity contribution < 1.29 is 9.53 Å². The summed E-state index contributed by atoms with van der Waals surface area (Å²) in [5.41, 5.74) is 0. The van der Waals surface area contributed by atoms with Gasteiger partial charge < -0.3 is 14.5 Å². The first-order valence-corrected chi connectivity index (χ1v) is 8.29. The molecule has 3 fully saturated rings. The maximum Gasteiger partial charge on any atom is 0.251 e. The van der Waals surface area contributed by atoms with Crippen LogP contribution in [-0.2, 0) is 9.53 Å². The molecule has 0 radical (unpaired) electrons. The Hall–Kier alpha value is -0.610. The second-order valence-corrected chi connectivity index (χ2v) is 6.85. The highest BCUT2D eigenvalue weighted by Gasteiger charge is 2.39. The van der Waals surface area contributed by atoms with Crippen molar-refractivity contribution in [3.63, 3.8) is 0 Å². The first kappa shape index (κ1) is 14.3. The molecule has 0 N–H and O–H groups in total. The van der Waals surface area contributed by atoms with Crippen LogP contribution in [0.5, 0.6) is 0 Å². The molecule has 0 bridgehead atoms. The highest BCUT2D eigenvalue weighted by Crippen LogP contribution is 2.31. The minimum absolute atomic E-state index is 0.216. The van der Waals surface area contributed by atoms with Gasteiger partial charge in [0.1, 0.15) is 6.10 Å². The quantitative estimate of drug-likeness (QED) is 0.771. The molecule has 2 aliphatic heterocycles. The lowest BCUT2D eigenvalue weighted by molar-refractivity contribution is -0.144. The molecule has 1 amide bonds. The zero-order chi connectivity index (χ0) is 14.1. The molecule has 0 aromatic heterocycles. The molecule has 3 aliphatic rings. The standard InChI is InChI=1S/C16H28N2O2/c1-12(20-11-13-7-8-13)16(19)18-10-4-6-15(18)14-5-3-9-17(14)2/h12-15H,3-11H2,1-2H3/t12-,14-,15-/m0/s1. The van der Waals surface area contributed by atoms with Crippen molar-refractivity contribution in [3.8, 4) is 0 Å². The fourth-order valence-corrected chi connectivity index (χ4v) is 3.76. The summed E-state index contributed by atoms with van der Waals surface area (Å²) in [5, 5.41) is 0. The summed E-state index contributed by atoms with van der Waals surface area (Å²) < 4.78 is 5.77. The summed E-state index contributed by atoms with van der Waals surface area (Å²) in [6.07, 6.45) is 7.12. The van der Waals surface area contributed by atoms with Crippen molar-refractivity contribution in [2.24, 2.45) is 5.92 Å². The maximum atomic E-state index is 12.6. The normalized spacial score (nSPS) is 32.8. The van der Waals surface area contributed by atoms with Crippen LogP contribution in [-0.4, -0.2) is 60.6 Å². The van der Waals surface area contributed by atoms with Crippen LogP contribution in [0.2, 0.25) is 0 Å². The van der Waals surface area contributed by atoms with Gasteiger partial charge in [0.15, 0.2) is 0 Å². The van der Waals surface area contributed by atoms with Crippen molar-refractivity contribution in [1.82, 2.24) is 9.80 Å². The van der Waals surface area contributed by atoms with Gasteiger partial charge in [0, 0.05) is 18.6 Å². The van der Waals surface area contributed by atoms with Gasteiger partial charge in [0.05, 0.1) is 6.61 Å². The number of hydrogen-bond acceptors (Lipinski definition) is 3. The lowest BCUT2D eigenvalue weighted by atomic mass is 10.0. The van der Waals surface area contributed by atoms with Crippen LogP contribution >= 0.6 is 0 Å². The van der Waals surface area contributed by atoms with E-state index in [9.17, 15) is 4.79 Å². The van der Waals surface area contributed by atoms with Crippen molar-refractivity contribution in [1.29, 1.82) is 0 Å². The van der Waals surface area contributed by atoms with Gasteiger partial charge in [-0.25, -0.2) is 0 Å². The number of rotatable bonds is 5. The second-order valence-electron chi connectivity index (χ2n) is 6.85. The predicted octanol–water partition coefficient (Wildman–Crippen LogP) is 1.89. The molecule has 1 aliphatic carbocycles. The van der Waals surface area contributed by atoms with Crippen molar-refractivity contribution in [3.05, 3.63) is 0 Å². The molecule has 0 aromatic rings. The van der Waals surface area contributed by atoms with Gasteiger partial charge in [0.2, 0.25) is 0 Å². The third-order valence-corrected chi connectivity index (χ3v) is 5.23. The van der Waals surface area contributed by atoms with Crippen molar-refractivity contribution in [2.75, 3.05) is 26.7 Å². The Labute approximate surface area is 122 Å². The van der Waals surface area contributed by atoms with E-state index in [1.54, 1.807) is 0 Å². The van der Waals surface area contributed by atoms with Crippen LogP contribution < -0.4 is 0 Å². The van der Waals surface area contributed by atoms with Crippen molar-refractivity contribution in [2.45, 2.75) is 63.6 Å². The van der Waals surface area contributed by atoms with Gasteiger partial charge in [-0.3, -0.25) is 4.79 Å². The van der Waals surface area contributed by atoms with Gasteiger partial charge in [-0.1, -0.05) is 0 Å². The molecular weight excluding hydrogens is 252 g/mol. The molecule has 0 aromatic carbocycles. The second kappa shape index (κ2) is 6.02. The first-order valence-electron chi connectivity index (χ1n) is 8.29. The Morgan fingerprint density at radius 2 is 1.85 bits per heavy atom. The van der Waals surface area contributed by atoms with Gasteiger partial charge in [-0.15, -0.1) is 0 Å². The highest BCUT2D eigenvalue weighted by molar-refractivity contribution is 5.81. The molecule has 1 saturated carbocycles. The van der Waals surface area contributed by atoms with E-state index in [-0.39, 0.29) is 12.0 Å². The molecular formula is C16H28N2O2. The topological polar surface area (TPSA) is 32.8 Å². The highest BCUT2D eigenvalue weighted by atomic mass is 16.5. The average Bonchev–Trinajstić information content (AvgIpc) is 2.97. The van der Waals surface area contributed by atoms with Gasteiger partial charge >= 0.3 is 0 Å². The fraction of sp³-hybridized carbons (Fsp3) is 0.938. The molecule has 4 heteroatoms. The predicted molar refractivity (Wildman–Crippen MR) is 78.5 cm³/mol. The minimum Gasteiger partial charge on any atom is -0.368 e. The Balaban J connectivity index is 1.57. The number of nitrogens with zero attached hydrogens (tertiary/aromatic N) is 2. The van der Waals surface area contributed by atoms with Crippen LogP contribution in [0.3, 0.4) is 0 Å². The maximum absolute atomic E-state index is 12.6. The Kier molecular flexibility index (Phi) is 4.32. The Morgan fingerprint density at radius 3 is 2.50 bits per heavy atom.